The van der Waals surface area contributed by atoms with Gasteiger partial charge in [-0.2, -0.15) is 0 Å². The van der Waals surface area contributed by atoms with Crippen molar-refractivity contribution in [2.75, 3.05) is 25.1 Å². The van der Waals surface area contributed by atoms with E-state index >= 15 is 0 Å². The number of anilines is 1. The number of rotatable bonds is 18. The summed E-state index contributed by atoms with van der Waals surface area (Å²) >= 11 is 0. The fourth-order valence-corrected chi connectivity index (χ4v) is 7.93. The zero-order valence-corrected chi connectivity index (χ0v) is 39.8. The topological polar surface area (TPSA) is 94.1 Å². The van der Waals surface area contributed by atoms with Gasteiger partial charge in [0, 0.05) is 5.69 Å². The van der Waals surface area contributed by atoms with Crippen molar-refractivity contribution in [2.24, 2.45) is 5.92 Å². The van der Waals surface area contributed by atoms with Crippen LogP contribution in [0.3, 0.4) is 0 Å². The summed E-state index contributed by atoms with van der Waals surface area (Å²) in [6, 6.07) is 40.1. The van der Waals surface area contributed by atoms with Crippen molar-refractivity contribution < 1.29 is 28.9 Å². The lowest BCUT2D eigenvalue weighted by molar-refractivity contribution is -0.138. The first-order valence-corrected chi connectivity index (χ1v) is 23.5. The van der Waals surface area contributed by atoms with Crippen LogP contribution in [0.25, 0.3) is 0 Å². The van der Waals surface area contributed by atoms with Crippen LogP contribution in [-0.2, 0) is 33.3 Å². The monoisotopic (exact) mass is 868 g/mol. The molecule has 342 valence electrons. The molecule has 1 aliphatic carbocycles. The Hall–Kier alpha value is -5.56. The first kappa shape index (κ1) is 49.5. The zero-order valence-electron chi connectivity index (χ0n) is 39.8. The van der Waals surface area contributed by atoms with Gasteiger partial charge in [0.2, 0.25) is 5.91 Å². The van der Waals surface area contributed by atoms with Gasteiger partial charge in [-0.15, -0.1) is 0 Å². The van der Waals surface area contributed by atoms with Crippen molar-refractivity contribution in [3.8, 4) is 17.2 Å². The standard InChI is InChI=1S/C35H45NO3.C22H28O3/c1-5-23-38-31-19-11-26(12-20-31)24-33(28-13-15-29(16-14-28)35(2,3)4)34(37)36-30-17-21-32(22-18-30)39-25-27-9-7-6-8-10-27;1-5-14-25-19-12-6-16(7-13-19)15-20(21(23)24)17-8-10-18(11-9-17)22(2,3)4/h11-22,27,33H,5-10,23-25H2,1-4H3,(H,36,37);6-13,20H,5,14-15H2,1-4H3,(H,23,24). The lowest BCUT2D eigenvalue weighted by Crippen LogP contribution is -2.23. The van der Waals surface area contributed by atoms with E-state index in [-0.39, 0.29) is 22.7 Å². The number of hydrogen-bond acceptors (Lipinski definition) is 5. The molecule has 1 amide bonds. The molecule has 7 nitrogen and oxygen atoms in total. The summed E-state index contributed by atoms with van der Waals surface area (Å²) in [6.45, 7) is 19.4. The largest absolute Gasteiger partial charge is 0.494 e. The van der Waals surface area contributed by atoms with Gasteiger partial charge in [0.25, 0.3) is 0 Å². The number of carbonyl (C=O) groups is 2. The van der Waals surface area contributed by atoms with E-state index in [0.717, 1.165) is 64.6 Å². The fraction of sp³-hybridized carbons (Fsp3) is 0.439. The van der Waals surface area contributed by atoms with Crippen molar-refractivity contribution in [3.63, 3.8) is 0 Å². The quantitative estimate of drug-likeness (QED) is 0.0911. The predicted octanol–water partition coefficient (Wildman–Crippen LogP) is 13.9. The molecule has 0 aromatic heterocycles. The van der Waals surface area contributed by atoms with E-state index in [1.54, 1.807) is 0 Å². The molecule has 64 heavy (non-hydrogen) atoms. The molecule has 0 spiro atoms. The van der Waals surface area contributed by atoms with Gasteiger partial charge >= 0.3 is 5.97 Å². The van der Waals surface area contributed by atoms with Gasteiger partial charge in [-0.1, -0.05) is 147 Å². The number of hydrogen-bond donors (Lipinski definition) is 2. The molecule has 1 aliphatic rings. The molecule has 1 saturated carbocycles. The van der Waals surface area contributed by atoms with Crippen molar-refractivity contribution in [1.29, 1.82) is 0 Å². The molecular weight excluding hydrogens is 795 g/mol. The van der Waals surface area contributed by atoms with E-state index in [9.17, 15) is 14.7 Å². The van der Waals surface area contributed by atoms with E-state index in [4.69, 9.17) is 14.2 Å². The number of carboxylic acids is 1. The summed E-state index contributed by atoms with van der Waals surface area (Å²) in [5.74, 6) is 1.54. The molecule has 2 N–H and O–H groups in total. The summed E-state index contributed by atoms with van der Waals surface area (Å²) < 4.78 is 17.4. The van der Waals surface area contributed by atoms with Crippen molar-refractivity contribution in [3.05, 3.63) is 155 Å². The van der Waals surface area contributed by atoms with Crippen LogP contribution < -0.4 is 19.5 Å². The summed E-state index contributed by atoms with van der Waals surface area (Å²) in [6.07, 6.45) is 9.53. The lowest BCUT2D eigenvalue weighted by atomic mass is 9.84. The number of carboxylic acid groups (broad SMARTS) is 1. The van der Waals surface area contributed by atoms with Gasteiger partial charge in [-0.25, -0.2) is 0 Å². The number of nitrogens with one attached hydrogen (secondary N) is 1. The molecule has 2 unspecified atom stereocenters. The molecule has 5 aromatic rings. The van der Waals surface area contributed by atoms with Gasteiger partial charge in [0.15, 0.2) is 0 Å². The average Bonchev–Trinajstić information content (AvgIpc) is 3.29. The molecule has 0 bridgehead atoms. The highest BCUT2D eigenvalue weighted by atomic mass is 16.5. The Morgan fingerprint density at radius 3 is 1.39 bits per heavy atom. The van der Waals surface area contributed by atoms with Gasteiger partial charge < -0.3 is 24.6 Å². The summed E-state index contributed by atoms with van der Waals surface area (Å²) in [5.41, 5.74) is 7.32. The van der Waals surface area contributed by atoms with Crippen LogP contribution in [0.2, 0.25) is 0 Å². The zero-order chi connectivity index (χ0) is 46.1. The highest BCUT2D eigenvalue weighted by molar-refractivity contribution is 5.96. The third-order valence-electron chi connectivity index (χ3n) is 12.0. The molecule has 0 saturated heterocycles. The molecule has 0 aliphatic heterocycles. The normalized spacial score (nSPS) is 14.1. The van der Waals surface area contributed by atoms with Crippen molar-refractivity contribution in [2.45, 2.75) is 136 Å². The van der Waals surface area contributed by atoms with Crippen LogP contribution in [0.5, 0.6) is 17.2 Å². The van der Waals surface area contributed by atoms with E-state index in [1.165, 1.54) is 43.2 Å². The van der Waals surface area contributed by atoms with Crippen LogP contribution in [0, 0.1) is 5.92 Å². The van der Waals surface area contributed by atoms with Gasteiger partial charge in [0.05, 0.1) is 31.7 Å². The SMILES string of the molecule is CCCOc1ccc(CC(C(=O)Nc2ccc(OCC3CCCCC3)cc2)c2ccc(C(C)(C)C)cc2)cc1.CCCOc1ccc(CC(C(=O)O)c2ccc(C(C)(C)C)cc2)cc1. The van der Waals surface area contributed by atoms with Gasteiger partial charge in [-0.05, 0) is 137 Å². The molecule has 5 aromatic carbocycles. The van der Waals surface area contributed by atoms with Crippen LogP contribution in [0.15, 0.2) is 121 Å². The second-order valence-corrected chi connectivity index (χ2v) is 19.4. The molecular formula is C57H73NO6. The molecule has 6 rings (SSSR count). The lowest BCUT2D eigenvalue weighted by Gasteiger charge is -2.22. The number of aliphatic carboxylic acids is 1. The summed E-state index contributed by atoms with van der Waals surface area (Å²) in [4.78, 5) is 25.4. The van der Waals surface area contributed by atoms with E-state index < -0.39 is 11.9 Å². The minimum atomic E-state index is -0.796. The Labute approximate surface area is 384 Å². The van der Waals surface area contributed by atoms with Gasteiger partial charge in [-0.3, -0.25) is 9.59 Å². The van der Waals surface area contributed by atoms with Crippen LogP contribution in [0.1, 0.15) is 146 Å². The maximum atomic E-state index is 13.7. The summed E-state index contributed by atoms with van der Waals surface area (Å²) in [7, 11) is 0. The molecule has 2 atom stereocenters. The minimum Gasteiger partial charge on any atom is -0.494 e. The van der Waals surface area contributed by atoms with Crippen molar-refractivity contribution in [1.82, 2.24) is 0 Å². The second-order valence-electron chi connectivity index (χ2n) is 19.4. The van der Waals surface area contributed by atoms with Crippen molar-refractivity contribution >= 4 is 17.6 Å². The van der Waals surface area contributed by atoms with Crippen LogP contribution in [0.4, 0.5) is 5.69 Å². The van der Waals surface area contributed by atoms with Crippen LogP contribution in [-0.4, -0.2) is 36.8 Å². The molecule has 7 heteroatoms. The Morgan fingerprint density at radius 1 is 0.562 bits per heavy atom. The smallest absolute Gasteiger partial charge is 0.311 e. The fourth-order valence-electron chi connectivity index (χ4n) is 7.93. The third kappa shape index (κ3) is 15.6. The number of carbonyl (C=O) groups excluding carboxylic acids is 1. The Morgan fingerprint density at radius 2 is 0.969 bits per heavy atom. The first-order chi connectivity index (χ1) is 30.6. The van der Waals surface area contributed by atoms with E-state index in [1.807, 2.05) is 84.9 Å². The first-order valence-electron chi connectivity index (χ1n) is 23.5. The predicted molar refractivity (Wildman–Crippen MR) is 262 cm³/mol. The number of amides is 1. The van der Waals surface area contributed by atoms with E-state index in [2.05, 4.69) is 97.1 Å². The Kier molecular flexibility index (Phi) is 18.5. The number of ether oxygens (including phenoxy) is 3. The second kappa shape index (κ2) is 23.9. The van der Waals surface area contributed by atoms with E-state index in [0.29, 0.717) is 32.0 Å². The molecule has 0 radical (unpaired) electrons. The Balaban J connectivity index is 0.000000266. The maximum absolute atomic E-state index is 13.7. The molecule has 1 fully saturated rings. The highest BCUT2D eigenvalue weighted by Crippen LogP contribution is 2.31. The average molecular weight is 868 g/mol. The maximum Gasteiger partial charge on any atom is 0.311 e. The van der Waals surface area contributed by atoms with Gasteiger partial charge in [0.1, 0.15) is 17.2 Å². The molecule has 0 heterocycles. The highest BCUT2D eigenvalue weighted by Gasteiger charge is 2.24. The third-order valence-corrected chi connectivity index (χ3v) is 12.0. The van der Waals surface area contributed by atoms with Crippen LogP contribution >= 0.6 is 0 Å². The summed E-state index contributed by atoms with van der Waals surface area (Å²) in [5, 5.41) is 12.8. The number of benzene rings is 5. The Bertz CT molecular complexity index is 2140. The minimum absolute atomic E-state index is 0.0132.